The van der Waals surface area contributed by atoms with Gasteiger partial charge in [-0.2, -0.15) is 15.0 Å². The Hall–Kier alpha value is -1.14. The maximum atomic E-state index is 5.84. The molecule has 1 rings (SSSR count). The predicted octanol–water partition coefficient (Wildman–Crippen LogP) is 1.34. The van der Waals surface area contributed by atoms with Crippen LogP contribution in [-0.4, -0.2) is 61.1 Å². The van der Waals surface area contributed by atoms with Crippen LogP contribution < -0.4 is 10.2 Å². The van der Waals surface area contributed by atoms with E-state index in [0.29, 0.717) is 11.9 Å². The molecule has 7 heteroatoms. The fourth-order valence-corrected chi connectivity index (χ4v) is 1.53. The minimum absolute atomic E-state index is 0.212. The van der Waals surface area contributed by atoms with Crippen molar-refractivity contribution in [2.45, 2.75) is 12.8 Å². The molecule has 0 fully saturated rings. The van der Waals surface area contributed by atoms with E-state index >= 15 is 0 Å². The van der Waals surface area contributed by atoms with Crippen molar-refractivity contribution in [1.82, 2.24) is 19.9 Å². The van der Waals surface area contributed by atoms with Gasteiger partial charge in [0, 0.05) is 20.6 Å². The molecule has 1 N–H and O–H groups in total. The Bertz CT molecular complexity index is 369. The molecule has 0 amide bonds. The van der Waals surface area contributed by atoms with E-state index in [2.05, 4.69) is 39.3 Å². The second-order valence-corrected chi connectivity index (χ2v) is 4.90. The topological polar surface area (TPSA) is 57.2 Å². The van der Waals surface area contributed by atoms with Crippen molar-refractivity contribution < 1.29 is 0 Å². The molecule has 0 radical (unpaired) electrons. The van der Waals surface area contributed by atoms with Gasteiger partial charge < -0.3 is 15.1 Å². The van der Waals surface area contributed by atoms with E-state index < -0.39 is 0 Å². The average Bonchev–Trinajstić information content (AvgIpc) is 2.27. The van der Waals surface area contributed by atoms with Crippen molar-refractivity contribution in [2.24, 2.45) is 0 Å². The number of hydrogen-bond acceptors (Lipinski definition) is 6. The van der Waals surface area contributed by atoms with Crippen molar-refractivity contribution in [3.63, 3.8) is 0 Å². The minimum Gasteiger partial charge on any atom is -0.354 e. The molecule has 0 aliphatic heterocycles. The van der Waals surface area contributed by atoms with Crippen LogP contribution in [0.15, 0.2) is 0 Å². The van der Waals surface area contributed by atoms with Gasteiger partial charge in [-0.15, -0.1) is 0 Å². The van der Waals surface area contributed by atoms with Gasteiger partial charge in [-0.25, -0.2) is 0 Å². The van der Waals surface area contributed by atoms with E-state index in [9.17, 15) is 0 Å². The van der Waals surface area contributed by atoms with Crippen molar-refractivity contribution in [3.8, 4) is 0 Å². The molecule has 0 aliphatic carbocycles. The Kier molecular flexibility index (Phi) is 6.07. The smallest absolute Gasteiger partial charge is 0.230 e. The zero-order valence-electron chi connectivity index (χ0n) is 11.4. The molecule has 0 atom stereocenters. The Morgan fingerprint density at radius 1 is 1.06 bits per heavy atom. The Morgan fingerprint density at radius 2 is 1.78 bits per heavy atom. The predicted molar refractivity (Wildman–Crippen MR) is 75.4 cm³/mol. The Balaban J connectivity index is 2.42. The molecule has 0 aromatic carbocycles. The van der Waals surface area contributed by atoms with Gasteiger partial charge in [-0.1, -0.05) is 0 Å². The van der Waals surface area contributed by atoms with E-state index in [1.54, 1.807) is 4.90 Å². The number of aromatic nitrogens is 3. The van der Waals surface area contributed by atoms with Gasteiger partial charge in [0.25, 0.3) is 0 Å². The molecule has 1 aromatic heterocycles. The number of halogens is 1. The molecule has 18 heavy (non-hydrogen) atoms. The first-order valence-electron chi connectivity index (χ1n) is 5.96. The minimum atomic E-state index is 0.212. The van der Waals surface area contributed by atoms with E-state index in [1.165, 1.54) is 0 Å². The third-order valence-corrected chi connectivity index (χ3v) is 2.48. The number of nitrogens with one attached hydrogen (secondary N) is 1. The largest absolute Gasteiger partial charge is 0.354 e. The lowest BCUT2D eigenvalue weighted by atomic mass is 10.3. The maximum absolute atomic E-state index is 5.84. The summed E-state index contributed by atoms with van der Waals surface area (Å²) in [5.74, 6) is 1.09. The van der Waals surface area contributed by atoms with Crippen LogP contribution in [-0.2, 0) is 0 Å². The summed E-state index contributed by atoms with van der Waals surface area (Å²) in [6.07, 6.45) is 2.21. The Labute approximate surface area is 113 Å². The van der Waals surface area contributed by atoms with Gasteiger partial charge in [-0.3, -0.25) is 0 Å². The highest BCUT2D eigenvalue weighted by Crippen LogP contribution is 2.11. The fraction of sp³-hybridized carbons (Fsp3) is 0.727. The normalized spacial score (nSPS) is 10.8. The number of unbranched alkanes of at least 4 members (excludes halogenated alkanes) is 1. The molecule has 0 saturated carbocycles. The van der Waals surface area contributed by atoms with Gasteiger partial charge >= 0.3 is 0 Å². The van der Waals surface area contributed by atoms with Crippen LogP contribution in [0.1, 0.15) is 12.8 Å². The number of nitrogens with zero attached hydrogens (tertiary/aromatic N) is 5. The summed E-state index contributed by atoms with van der Waals surface area (Å²) < 4.78 is 0. The van der Waals surface area contributed by atoms with Crippen LogP contribution in [0.4, 0.5) is 11.9 Å². The SMILES string of the molecule is CN(C)CCCCNc1nc(Cl)nc(N(C)C)n1. The van der Waals surface area contributed by atoms with Gasteiger partial charge in [-0.05, 0) is 45.1 Å². The Morgan fingerprint density at radius 3 is 2.39 bits per heavy atom. The third-order valence-electron chi connectivity index (χ3n) is 2.31. The summed E-state index contributed by atoms with van der Waals surface area (Å²) in [6, 6.07) is 0. The maximum Gasteiger partial charge on any atom is 0.230 e. The zero-order chi connectivity index (χ0) is 13.5. The monoisotopic (exact) mass is 272 g/mol. The van der Waals surface area contributed by atoms with Gasteiger partial charge in [0.15, 0.2) is 0 Å². The summed E-state index contributed by atoms with van der Waals surface area (Å²) in [5.41, 5.74) is 0. The number of anilines is 2. The van der Waals surface area contributed by atoms with Gasteiger partial charge in [0.05, 0.1) is 0 Å². The summed E-state index contributed by atoms with van der Waals surface area (Å²) in [6.45, 7) is 1.92. The molecule has 1 heterocycles. The molecule has 0 unspecified atom stereocenters. The summed E-state index contributed by atoms with van der Waals surface area (Å²) >= 11 is 5.84. The molecule has 0 spiro atoms. The molecule has 6 nitrogen and oxygen atoms in total. The molecule has 0 bridgehead atoms. The standard InChI is InChI=1S/C11H21ClN6/c1-17(2)8-6-5-7-13-10-14-9(12)15-11(16-10)18(3)4/h5-8H2,1-4H3,(H,13,14,15,16). The van der Waals surface area contributed by atoms with Crippen LogP contribution in [0, 0.1) is 0 Å². The van der Waals surface area contributed by atoms with Gasteiger partial charge in [0.1, 0.15) is 0 Å². The van der Waals surface area contributed by atoms with Crippen molar-refractivity contribution in [1.29, 1.82) is 0 Å². The second kappa shape index (κ2) is 7.33. The molecular weight excluding hydrogens is 252 g/mol. The molecular formula is C11H21ClN6. The van der Waals surface area contributed by atoms with Crippen molar-refractivity contribution in [2.75, 3.05) is 51.5 Å². The van der Waals surface area contributed by atoms with Crippen molar-refractivity contribution in [3.05, 3.63) is 5.28 Å². The highest BCUT2D eigenvalue weighted by Gasteiger charge is 2.05. The lowest BCUT2D eigenvalue weighted by Gasteiger charge is -2.12. The fourth-order valence-electron chi connectivity index (χ4n) is 1.37. The van der Waals surface area contributed by atoms with Crippen LogP contribution >= 0.6 is 11.6 Å². The first kappa shape index (κ1) is 14.9. The van der Waals surface area contributed by atoms with Gasteiger partial charge in [0.2, 0.25) is 17.2 Å². The van der Waals surface area contributed by atoms with E-state index in [1.807, 2.05) is 14.1 Å². The first-order valence-corrected chi connectivity index (χ1v) is 6.34. The first-order chi connectivity index (χ1) is 8.49. The lowest BCUT2D eigenvalue weighted by molar-refractivity contribution is 0.396. The van der Waals surface area contributed by atoms with Crippen LogP contribution in [0.2, 0.25) is 5.28 Å². The quantitative estimate of drug-likeness (QED) is 0.756. The third kappa shape index (κ3) is 5.46. The molecule has 0 aliphatic rings. The zero-order valence-corrected chi connectivity index (χ0v) is 12.2. The summed E-state index contributed by atoms with van der Waals surface area (Å²) in [5, 5.41) is 3.38. The highest BCUT2D eigenvalue weighted by atomic mass is 35.5. The molecule has 102 valence electrons. The number of hydrogen-bond donors (Lipinski definition) is 1. The van der Waals surface area contributed by atoms with E-state index in [-0.39, 0.29) is 5.28 Å². The average molecular weight is 273 g/mol. The summed E-state index contributed by atoms with van der Waals surface area (Å²) in [7, 11) is 7.88. The lowest BCUT2D eigenvalue weighted by Crippen LogP contribution is -2.16. The van der Waals surface area contributed by atoms with Crippen LogP contribution in [0.3, 0.4) is 0 Å². The van der Waals surface area contributed by atoms with Crippen LogP contribution in [0.5, 0.6) is 0 Å². The molecule has 0 saturated heterocycles. The van der Waals surface area contributed by atoms with E-state index in [0.717, 1.165) is 25.9 Å². The highest BCUT2D eigenvalue weighted by molar-refractivity contribution is 6.28. The van der Waals surface area contributed by atoms with E-state index in [4.69, 9.17) is 11.6 Å². The second-order valence-electron chi connectivity index (χ2n) is 4.56. The van der Waals surface area contributed by atoms with Crippen molar-refractivity contribution >= 4 is 23.5 Å². The summed E-state index contributed by atoms with van der Waals surface area (Å²) in [4.78, 5) is 16.3. The van der Waals surface area contributed by atoms with Crippen LogP contribution in [0.25, 0.3) is 0 Å². The number of rotatable bonds is 7. The molecule has 1 aromatic rings.